The van der Waals surface area contributed by atoms with E-state index in [9.17, 15) is 0 Å². The van der Waals surface area contributed by atoms with Gasteiger partial charge in [0.25, 0.3) is 0 Å². The van der Waals surface area contributed by atoms with Crippen molar-refractivity contribution in [3.05, 3.63) is 35.9 Å². The molecule has 3 N–H and O–H groups in total. The summed E-state index contributed by atoms with van der Waals surface area (Å²) in [5, 5.41) is 3.19. The van der Waals surface area contributed by atoms with E-state index in [1.165, 1.54) is 19.3 Å². The van der Waals surface area contributed by atoms with Crippen LogP contribution in [0.25, 0.3) is 0 Å². The number of guanidine groups is 1. The van der Waals surface area contributed by atoms with Gasteiger partial charge >= 0.3 is 0 Å². The summed E-state index contributed by atoms with van der Waals surface area (Å²) in [6.45, 7) is 1.49. The number of ether oxygens (including phenoxy) is 1. The van der Waals surface area contributed by atoms with E-state index in [0.717, 1.165) is 18.0 Å². The molecule has 4 nitrogen and oxygen atoms in total. The lowest BCUT2D eigenvalue weighted by Crippen LogP contribution is -2.37. The molecule has 0 heterocycles. The zero-order chi connectivity index (χ0) is 13.5. The van der Waals surface area contributed by atoms with Crippen molar-refractivity contribution in [1.29, 1.82) is 0 Å². The largest absolute Gasteiger partial charge is 0.375 e. The molecule has 2 rings (SSSR count). The minimum Gasteiger partial charge on any atom is -0.375 e. The Morgan fingerprint density at radius 1 is 1.40 bits per heavy atom. The maximum Gasteiger partial charge on any atom is 0.188 e. The van der Waals surface area contributed by atoms with Crippen molar-refractivity contribution in [2.75, 3.05) is 20.2 Å². The maximum absolute atomic E-state index is 5.87. The molecule has 0 amide bonds. The number of nitrogens with two attached hydrogens (primary N) is 1. The summed E-state index contributed by atoms with van der Waals surface area (Å²) >= 11 is 0. The van der Waals surface area contributed by atoms with Crippen LogP contribution < -0.4 is 11.1 Å². The Hall–Kier alpha value is -0.820. The quantitative estimate of drug-likeness (QED) is 0.447. The van der Waals surface area contributed by atoms with Gasteiger partial charge < -0.3 is 15.8 Å². The van der Waals surface area contributed by atoms with E-state index >= 15 is 0 Å². The summed E-state index contributed by atoms with van der Waals surface area (Å²) in [5.41, 5.74) is 6.99. The van der Waals surface area contributed by atoms with Gasteiger partial charge in [0.1, 0.15) is 6.10 Å². The fourth-order valence-corrected chi connectivity index (χ4v) is 2.17. The topological polar surface area (TPSA) is 59.6 Å². The first-order chi connectivity index (χ1) is 9.29. The predicted octanol–water partition coefficient (Wildman–Crippen LogP) is 2.70. The van der Waals surface area contributed by atoms with Crippen LogP contribution in [-0.4, -0.2) is 26.2 Å². The van der Waals surface area contributed by atoms with Crippen LogP contribution in [0.5, 0.6) is 0 Å². The van der Waals surface area contributed by atoms with Gasteiger partial charge in [-0.2, -0.15) is 0 Å². The molecule has 0 spiro atoms. The smallest absolute Gasteiger partial charge is 0.188 e. The number of hydrogen-bond acceptors (Lipinski definition) is 2. The van der Waals surface area contributed by atoms with Crippen molar-refractivity contribution in [3.63, 3.8) is 0 Å². The number of methoxy groups -OCH3 is 1. The average molecular weight is 389 g/mol. The van der Waals surface area contributed by atoms with Crippen LogP contribution in [0.1, 0.15) is 30.9 Å². The zero-order valence-electron chi connectivity index (χ0n) is 11.9. The van der Waals surface area contributed by atoms with Crippen molar-refractivity contribution in [2.24, 2.45) is 16.6 Å². The molecular formula is C15H24IN3O. The average Bonchev–Trinajstić information content (AvgIpc) is 2.39. The van der Waals surface area contributed by atoms with Crippen LogP contribution >= 0.6 is 24.0 Å². The normalized spacial score (nSPS) is 16.9. The van der Waals surface area contributed by atoms with Gasteiger partial charge in [-0.3, -0.25) is 4.99 Å². The van der Waals surface area contributed by atoms with E-state index in [4.69, 9.17) is 10.5 Å². The number of nitrogens with zero attached hydrogens (tertiary/aromatic N) is 1. The molecule has 1 aromatic carbocycles. The molecule has 0 saturated heterocycles. The fourth-order valence-electron chi connectivity index (χ4n) is 2.17. The highest BCUT2D eigenvalue weighted by atomic mass is 127. The van der Waals surface area contributed by atoms with Gasteiger partial charge in [-0.15, -0.1) is 24.0 Å². The molecule has 1 aliphatic rings. The van der Waals surface area contributed by atoms with Gasteiger partial charge in [0.15, 0.2) is 5.96 Å². The number of rotatable bonds is 6. The van der Waals surface area contributed by atoms with Crippen LogP contribution in [0.15, 0.2) is 35.3 Å². The Morgan fingerprint density at radius 2 is 2.10 bits per heavy atom. The van der Waals surface area contributed by atoms with E-state index in [1.807, 2.05) is 30.3 Å². The van der Waals surface area contributed by atoms with E-state index in [2.05, 4.69) is 10.3 Å². The third kappa shape index (κ3) is 5.28. The van der Waals surface area contributed by atoms with Gasteiger partial charge in [0, 0.05) is 13.7 Å². The third-order valence-electron chi connectivity index (χ3n) is 3.68. The lowest BCUT2D eigenvalue weighted by molar-refractivity contribution is 0.111. The Bertz CT molecular complexity index is 407. The minimum atomic E-state index is -0.0368. The molecule has 1 atom stereocenters. The maximum atomic E-state index is 5.87. The molecular weight excluding hydrogens is 365 g/mol. The Balaban J connectivity index is 0.00000200. The summed E-state index contributed by atoms with van der Waals surface area (Å²) in [6, 6.07) is 10.1. The van der Waals surface area contributed by atoms with E-state index < -0.39 is 0 Å². The summed E-state index contributed by atoms with van der Waals surface area (Å²) in [5.74, 6) is 1.30. The molecule has 20 heavy (non-hydrogen) atoms. The van der Waals surface area contributed by atoms with Crippen molar-refractivity contribution < 1.29 is 4.74 Å². The van der Waals surface area contributed by atoms with Gasteiger partial charge in [-0.25, -0.2) is 0 Å². The van der Waals surface area contributed by atoms with Crippen molar-refractivity contribution >= 4 is 29.9 Å². The monoisotopic (exact) mass is 389 g/mol. The number of benzene rings is 1. The predicted molar refractivity (Wildman–Crippen MR) is 93.4 cm³/mol. The molecule has 1 unspecified atom stereocenters. The van der Waals surface area contributed by atoms with Gasteiger partial charge in [0.05, 0.1) is 6.54 Å². The van der Waals surface area contributed by atoms with Crippen LogP contribution in [0.4, 0.5) is 0 Å². The van der Waals surface area contributed by atoms with Crippen LogP contribution in [0, 0.1) is 5.92 Å². The number of aliphatic imine (C=N–C) groups is 1. The molecule has 1 saturated carbocycles. The first-order valence-electron chi connectivity index (χ1n) is 6.91. The van der Waals surface area contributed by atoms with Crippen LogP contribution in [0.3, 0.4) is 0 Å². The Morgan fingerprint density at radius 3 is 2.65 bits per heavy atom. The van der Waals surface area contributed by atoms with E-state index in [1.54, 1.807) is 7.11 Å². The highest BCUT2D eigenvalue weighted by Gasteiger charge is 2.17. The second kappa shape index (κ2) is 9.18. The third-order valence-corrected chi connectivity index (χ3v) is 3.68. The first kappa shape index (κ1) is 17.2. The van der Waals surface area contributed by atoms with Crippen molar-refractivity contribution in [2.45, 2.75) is 25.4 Å². The number of nitrogens with one attached hydrogen (secondary N) is 1. The first-order valence-corrected chi connectivity index (χ1v) is 6.91. The summed E-state index contributed by atoms with van der Waals surface area (Å²) < 4.78 is 5.45. The highest BCUT2D eigenvalue weighted by Crippen LogP contribution is 2.25. The number of halogens is 1. The molecule has 112 valence electrons. The lowest BCUT2D eigenvalue weighted by atomic mass is 9.85. The van der Waals surface area contributed by atoms with Crippen molar-refractivity contribution in [3.8, 4) is 0 Å². The molecule has 0 bridgehead atoms. The van der Waals surface area contributed by atoms with Gasteiger partial charge in [-0.1, -0.05) is 36.8 Å². The standard InChI is InChI=1S/C15H23N3O.HI/c1-19-14(13-8-3-2-4-9-13)11-18-15(16)17-10-12-6-5-7-12;/h2-4,8-9,12,14H,5-7,10-11H2,1H3,(H3,16,17,18);1H. The summed E-state index contributed by atoms with van der Waals surface area (Å²) in [7, 11) is 1.70. The summed E-state index contributed by atoms with van der Waals surface area (Å²) in [6.07, 6.45) is 3.93. The molecule has 1 aliphatic carbocycles. The number of hydrogen-bond donors (Lipinski definition) is 2. The van der Waals surface area contributed by atoms with E-state index in [-0.39, 0.29) is 30.1 Å². The fraction of sp³-hybridized carbons (Fsp3) is 0.533. The summed E-state index contributed by atoms with van der Waals surface area (Å²) in [4.78, 5) is 4.36. The van der Waals surface area contributed by atoms with E-state index in [0.29, 0.717) is 12.5 Å². The van der Waals surface area contributed by atoms with Crippen LogP contribution in [-0.2, 0) is 4.74 Å². The molecule has 5 heteroatoms. The molecule has 0 aliphatic heterocycles. The van der Waals surface area contributed by atoms with Crippen LogP contribution in [0.2, 0.25) is 0 Å². The van der Waals surface area contributed by atoms with Gasteiger partial charge in [0.2, 0.25) is 0 Å². The minimum absolute atomic E-state index is 0. The van der Waals surface area contributed by atoms with Gasteiger partial charge in [-0.05, 0) is 24.3 Å². The molecule has 0 radical (unpaired) electrons. The second-order valence-corrected chi connectivity index (χ2v) is 5.04. The molecule has 1 fully saturated rings. The lowest BCUT2D eigenvalue weighted by Gasteiger charge is -2.25. The Labute approximate surface area is 138 Å². The highest BCUT2D eigenvalue weighted by molar-refractivity contribution is 14.0. The molecule has 0 aromatic heterocycles. The second-order valence-electron chi connectivity index (χ2n) is 5.04. The van der Waals surface area contributed by atoms with Crippen molar-refractivity contribution in [1.82, 2.24) is 5.32 Å². The Kier molecular flexibility index (Phi) is 7.91. The zero-order valence-corrected chi connectivity index (χ0v) is 14.2. The SMILES string of the molecule is COC(CN=C(N)NCC1CCC1)c1ccccc1.I. The molecule has 1 aromatic rings.